The summed E-state index contributed by atoms with van der Waals surface area (Å²) in [7, 11) is 0. The van der Waals surface area contributed by atoms with Gasteiger partial charge in [0.1, 0.15) is 0 Å². The van der Waals surface area contributed by atoms with Crippen molar-refractivity contribution in [1.82, 2.24) is 19.5 Å². The van der Waals surface area contributed by atoms with Crippen LogP contribution in [0, 0.1) is 5.92 Å². The number of nitrogens with zero attached hydrogens (tertiary/aromatic N) is 4. The first-order valence-corrected chi connectivity index (χ1v) is 28.1. The van der Waals surface area contributed by atoms with Gasteiger partial charge in [-0.2, -0.15) is 9.97 Å². The minimum Gasteiger partial charge on any atom is -0.278 e. The molecule has 16 rings (SSSR count). The van der Waals surface area contributed by atoms with Gasteiger partial charge in [0.2, 0.25) is 5.95 Å². The minimum atomic E-state index is -0.557. The van der Waals surface area contributed by atoms with E-state index in [9.17, 15) is 0 Å². The fourth-order valence-electron chi connectivity index (χ4n) is 13.4. The average molecular weight is 1030 g/mol. The van der Waals surface area contributed by atoms with Crippen molar-refractivity contribution in [2.45, 2.75) is 18.8 Å². The molecule has 1 atom stereocenters. The molecule has 0 fully saturated rings. The van der Waals surface area contributed by atoms with Gasteiger partial charge in [0.25, 0.3) is 0 Å². The molecule has 2 aromatic heterocycles. The quantitative estimate of drug-likeness (QED) is 0.152. The second kappa shape index (κ2) is 18.7. The minimum absolute atomic E-state index is 0.463. The topological polar surface area (TPSA) is 43.6 Å². The van der Waals surface area contributed by atoms with E-state index in [1.165, 1.54) is 66.8 Å². The fraction of sp³-hybridized carbons (Fsp3) is 0.0519. The molecule has 0 bridgehead atoms. The third-order valence-electron chi connectivity index (χ3n) is 17.1. The standard InChI is InChI=1S/C77H52N4/c1-49-20-17-27-53(40-49)60-43-59(52-25-9-4-10-26-52)44-61(45-60)56-38-39-72-66(46-56)67-47-65-64-34-13-16-37-70(64)77(68-35-14-11-32-62(68)63-33-12-15-36-69(63)77)71(65)48-73(67)81(72)76-79-74(57-30-18-28-54(41-57)50-21-5-2-6-22-50)78-75(80-76)58-31-19-29-55(42-58)51-23-7-3-8-24-51/h2-19,21-49H,20H2,1H3. The van der Waals surface area contributed by atoms with Crippen LogP contribution in [0.2, 0.25) is 0 Å². The summed E-state index contributed by atoms with van der Waals surface area (Å²) in [4.78, 5) is 16.6. The molecule has 4 heteroatoms. The summed E-state index contributed by atoms with van der Waals surface area (Å²) in [6.45, 7) is 2.30. The van der Waals surface area contributed by atoms with E-state index in [1.807, 2.05) is 0 Å². The van der Waals surface area contributed by atoms with Gasteiger partial charge in [-0.3, -0.25) is 4.57 Å². The van der Waals surface area contributed by atoms with Crippen LogP contribution in [0.1, 0.15) is 41.2 Å². The van der Waals surface area contributed by atoms with Gasteiger partial charge in [-0.15, -0.1) is 0 Å². The number of rotatable bonds is 8. The van der Waals surface area contributed by atoms with Crippen LogP contribution in [0.25, 0.3) is 123 Å². The highest BCUT2D eigenvalue weighted by Gasteiger charge is 2.51. The third-order valence-corrected chi connectivity index (χ3v) is 17.1. The normalized spacial score (nSPS) is 14.4. The van der Waals surface area contributed by atoms with E-state index in [0.717, 1.165) is 72.7 Å². The van der Waals surface area contributed by atoms with Crippen LogP contribution in [-0.2, 0) is 5.41 Å². The summed E-state index contributed by atoms with van der Waals surface area (Å²) in [6, 6.07) is 95.2. The lowest BCUT2D eigenvalue weighted by molar-refractivity contribution is 0.740. The van der Waals surface area contributed by atoms with Crippen molar-refractivity contribution in [2.24, 2.45) is 5.92 Å². The molecule has 1 unspecified atom stereocenters. The summed E-state index contributed by atoms with van der Waals surface area (Å²) in [5.74, 6) is 2.21. The predicted molar refractivity (Wildman–Crippen MR) is 334 cm³/mol. The van der Waals surface area contributed by atoms with Gasteiger partial charge in [0.15, 0.2) is 11.6 Å². The van der Waals surface area contributed by atoms with E-state index >= 15 is 0 Å². The molecule has 11 aromatic carbocycles. The molecule has 0 radical (unpaired) electrons. The Morgan fingerprint density at radius 1 is 0.346 bits per heavy atom. The average Bonchev–Trinajstić information content (AvgIpc) is 4.13. The largest absolute Gasteiger partial charge is 0.278 e. The van der Waals surface area contributed by atoms with E-state index < -0.39 is 5.41 Å². The second-order valence-electron chi connectivity index (χ2n) is 21.9. The van der Waals surface area contributed by atoms with Gasteiger partial charge >= 0.3 is 0 Å². The summed E-state index contributed by atoms with van der Waals surface area (Å²) < 4.78 is 2.32. The van der Waals surface area contributed by atoms with Crippen molar-refractivity contribution in [1.29, 1.82) is 0 Å². The Kier molecular flexibility index (Phi) is 10.8. The molecular weight excluding hydrogens is 981 g/mol. The predicted octanol–water partition coefficient (Wildman–Crippen LogP) is 19.3. The van der Waals surface area contributed by atoms with Gasteiger partial charge in [0.05, 0.1) is 16.4 Å². The summed E-state index contributed by atoms with van der Waals surface area (Å²) >= 11 is 0. The summed E-state index contributed by atoms with van der Waals surface area (Å²) in [5, 5.41) is 2.25. The van der Waals surface area contributed by atoms with Crippen molar-refractivity contribution >= 4 is 27.4 Å². The molecule has 0 amide bonds. The van der Waals surface area contributed by atoms with Crippen LogP contribution in [0.4, 0.5) is 0 Å². The maximum Gasteiger partial charge on any atom is 0.238 e. The molecule has 380 valence electrons. The molecule has 0 N–H and O–H groups in total. The van der Waals surface area contributed by atoms with Crippen molar-refractivity contribution in [3.05, 3.63) is 307 Å². The highest BCUT2D eigenvalue weighted by atomic mass is 15.2. The molecule has 13 aromatic rings. The smallest absolute Gasteiger partial charge is 0.238 e. The highest BCUT2D eigenvalue weighted by Crippen LogP contribution is 2.63. The zero-order valence-electron chi connectivity index (χ0n) is 44.6. The van der Waals surface area contributed by atoms with Crippen LogP contribution < -0.4 is 0 Å². The Hall–Kier alpha value is -10.3. The molecule has 2 heterocycles. The third kappa shape index (κ3) is 7.55. The van der Waals surface area contributed by atoms with Crippen LogP contribution >= 0.6 is 0 Å². The highest BCUT2D eigenvalue weighted by molar-refractivity contribution is 6.13. The molecule has 0 saturated carbocycles. The van der Waals surface area contributed by atoms with Gasteiger partial charge in [-0.05, 0) is 167 Å². The van der Waals surface area contributed by atoms with Gasteiger partial charge in [0, 0.05) is 21.9 Å². The van der Waals surface area contributed by atoms with Crippen molar-refractivity contribution in [2.75, 3.05) is 0 Å². The number of allylic oxidation sites excluding steroid dienone is 4. The zero-order chi connectivity index (χ0) is 53.6. The molecule has 81 heavy (non-hydrogen) atoms. The van der Waals surface area contributed by atoms with E-state index in [-0.39, 0.29) is 0 Å². The van der Waals surface area contributed by atoms with Crippen molar-refractivity contribution < 1.29 is 0 Å². The number of hydrogen-bond donors (Lipinski definition) is 0. The van der Waals surface area contributed by atoms with E-state index in [0.29, 0.717) is 23.5 Å². The first-order chi connectivity index (χ1) is 40.0. The molecule has 1 spiro atoms. The molecule has 3 aliphatic rings. The number of benzene rings is 11. The summed E-state index contributed by atoms with van der Waals surface area (Å²) in [5.41, 5.74) is 25.1. The van der Waals surface area contributed by atoms with Gasteiger partial charge < -0.3 is 0 Å². The van der Waals surface area contributed by atoms with Gasteiger partial charge in [-0.1, -0.05) is 231 Å². The van der Waals surface area contributed by atoms with E-state index in [1.54, 1.807) is 0 Å². The van der Waals surface area contributed by atoms with Gasteiger partial charge in [-0.25, -0.2) is 4.98 Å². The number of fused-ring (bicyclic) bond motifs is 13. The van der Waals surface area contributed by atoms with Crippen LogP contribution in [-0.4, -0.2) is 19.5 Å². The van der Waals surface area contributed by atoms with Crippen LogP contribution in [0.15, 0.2) is 279 Å². The van der Waals surface area contributed by atoms with Crippen molar-refractivity contribution in [3.63, 3.8) is 0 Å². The Morgan fingerprint density at radius 2 is 0.790 bits per heavy atom. The Labute approximate surface area is 471 Å². The zero-order valence-corrected chi connectivity index (χ0v) is 44.6. The summed E-state index contributed by atoms with van der Waals surface area (Å²) in [6.07, 6.45) is 8.08. The Bertz CT molecular complexity index is 4590. The maximum atomic E-state index is 5.60. The Balaban J connectivity index is 0.990. The monoisotopic (exact) mass is 1030 g/mol. The van der Waals surface area contributed by atoms with E-state index in [4.69, 9.17) is 15.0 Å². The Morgan fingerprint density at radius 3 is 1.36 bits per heavy atom. The lowest BCUT2D eigenvalue weighted by Gasteiger charge is -2.30. The first-order valence-electron chi connectivity index (χ1n) is 28.1. The number of hydrogen-bond acceptors (Lipinski definition) is 3. The van der Waals surface area contributed by atoms with Crippen LogP contribution in [0.5, 0.6) is 0 Å². The maximum absolute atomic E-state index is 5.60. The first kappa shape index (κ1) is 46.8. The molecule has 0 saturated heterocycles. The lowest BCUT2D eigenvalue weighted by atomic mass is 9.70. The second-order valence-corrected chi connectivity index (χ2v) is 21.9. The molecule has 4 nitrogen and oxygen atoms in total. The fourth-order valence-corrected chi connectivity index (χ4v) is 13.4. The lowest BCUT2D eigenvalue weighted by Crippen LogP contribution is -2.25. The molecule has 0 aliphatic heterocycles. The molecular formula is C77H52N4. The number of aromatic nitrogens is 4. The SMILES string of the molecule is CC1C=C(c2cc(-c3ccccc3)cc(-c3ccc4c(c3)c3cc5c(cc3n4-c3nc(-c4cccc(-c6ccccc6)c4)nc(-c4cccc(-c6ccccc6)c4)n3)C3(c4ccccc4-c4ccccc43)c3ccccc3-5)c2)C=CC1. The van der Waals surface area contributed by atoms with Crippen LogP contribution in [0.3, 0.4) is 0 Å². The van der Waals surface area contributed by atoms with E-state index in [2.05, 4.69) is 291 Å². The molecule has 3 aliphatic carbocycles. The van der Waals surface area contributed by atoms with Crippen molar-refractivity contribution in [3.8, 4) is 95.5 Å².